The van der Waals surface area contributed by atoms with Gasteiger partial charge in [-0.15, -0.1) is 0 Å². The van der Waals surface area contributed by atoms with Gasteiger partial charge < -0.3 is 4.74 Å². The Kier molecular flexibility index (Phi) is 2.00. The van der Waals surface area contributed by atoms with Crippen LogP contribution in [0.25, 0.3) is 0 Å². The Bertz CT molecular complexity index is 310. The smallest absolute Gasteiger partial charge is 0.306 e. The van der Waals surface area contributed by atoms with Crippen LogP contribution in [0.1, 0.15) is 25.0 Å². The van der Waals surface area contributed by atoms with Crippen LogP contribution < -0.4 is 0 Å². The summed E-state index contributed by atoms with van der Waals surface area (Å²) in [6.07, 6.45) is 3.88. The molecule has 68 valence electrons. The van der Waals surface area contributed by atoms with E-state index in [0.717, 1.165) is 5.56 Å². The first-order valence-corrected chi connectivity index (χ1v) is 4.37. The maximum absolute atomic E-state index is 11.0. The van der Waals surface area contributed by atoms with E-state index in [0.29, 0.717) is 6.42 Å². The van der Waals surface area contributed by atoms with Crippen molar-refractivity contribution < 1.29 is 9.53 Å². The quantitative estimate of drug-likeness (QED) is 0.613. The highest BCUT2D eigenvalue weighted by molar-refractivity contribution is 5.72. The van der Waals surface area contributed by atoms with Crippen molar-refractivity contribution >= 4 is 5.97 Å². The second-order valence-corrected chi connectivity index (χ2v) is 3.38. The molecule has 1 aliphatic rings. The van der Waals surface area contributed by atoms with Crippen LogP contribution in [0.15, 0.2) is 24.5 Å². The topological polar surface area (TPSA) is 39.2 Å². The van der Waals surface area contributed by atoms with Crippen LogP contribution in [0.2, 0.25) is 0 Å². The van der Waals surface area contributed by atoms with Gasteiger partial charge in [0.1, 0.15) is 6.10 Å². The zero-order valence-electron chi connectivity index (χ0n) is 7.43. The van der Waals surface area contributed by atoms with E-state index in [2.05, 4.69) is 4.98 Å². The fourth-order valence-electron chi connectivity index (χ4n) is 1.62. The summed E-state index contributed by atoms with van der Waals surface area (Å²) in [6.45, 7) is 2.02. The van der Waals surface area contributed by atoms with E-state index >= 15 is 0 Å². The number of ether oxygens (including phenoxy) is 1. The number of carbonyl (C=O) groups excluding carboxylic acids is 1. The molecule has 0 aliphatic carbocycles. The van der Waals surface area contributed by atoms with Crippen molar-refractivity contribution in [2.24, 2.45) is 5.92 Å². The summed E-state index contributed by atoms with van der Waals surface area (Å²) >= 11 is 0. The molecular formula is C10H11NO2. The maximum Gasteiger partial charge on any atom is 0.306 e. The third kappa shape index (κ3) is 1.54. The average Bonchev–Trinajstić information content (AvgIpc) is 2.47. The van der Waals surface area contributed by atoms with Crippen molar-refractivity contribution in [3.05, 3.63) is 30.1 Å². The molecule has 0 bridgehead atoms. The SMILES string of the molecule is CC1CC(=O)OC1c1cccnc1. The number of cyclic esters (lactones) is 1. The van der Waals surface area contributed by atoms with Crippen molar-refractivity contribution in [3.8, 4) is 0 Å². The monoisotopic (exact) mass is 177 g/mol. The number of esters is 1. The molecule has 0 aromatic carbocycles. The average molecular weight is 177 g/mol. The highest BCUT2D eigenvalue weighted by Gasteiger charge is 2.32. The van der Waals surface area contributed by atoms with Crippen molar-refractivity contribution in [1.29, 1.82) is 0 Å². The molecule has 2 heterocycles. The number of pyridine rings is 1. The number of hydrogen-bond donors (Lipinski definition) is 0. The van der Waals surface area contributed by atoms with E-state index in [1.807, 2.05) is 19.1 Å². The van der Waals surface area contributed by atoms with Crippen molar-refractivity contribution in [1.82, 2.24) is 4.98 Å². The van der Waals surface area contributed by atoms with Gasteiger partial charge >= 0.3 is 5.97 Å². The molecule has 13 heavy (non-hydrogen) atoms. The third-order valence-electron chi connectivity index (χ3n) is 2.28. The summed E-state index contributed by atoms with van der Waals surface area (Å²) < 4.78 is 5.18. The molecule has 1 aliphatic heterocycles. The lowest BCUT2D eigenvalue weighted by atomic mass is 9.99. The second kappa shape index (κ2) is 3.17. The van der Waals surface area contributed by atoms with Crippen LogP contribution in [-0.2, 0) is 9.53 Å². The predicted octanol–water partition coefficient (Wildman–Crippen LogP) is 1.71. The first-order valence-electron chi connectivity index (χ1n) is 4.37. The van der Waals surface area contributed by atoms with Crippen LogP contribution in [0, 0.1) is 5.92 Å². The second-order valence-electron chi connectivity index (χ2n) is 3.38. The molecule has 1 aromatic rings. The summed E-state index contributed by atoms with van der Waals surface area (Å²) in [7, 11) is 0. The van der Waals surface area contributed by atoms with Crippen LogP contribution in [0.4, 0.5) is 0 Å². The van der Waals surface area contributed by atoms with E-state index in [9.17, 15) is 4.79 Å². The van der Waals surface area contributed by atoms with Gasteiger partial charge in [0.2, 0.25) is 0 Å². The molecular weight excluding hydrogens is 166 g/mol. The van der Waals surface area contributed by atoms with Crippen LogP contribution >= 0.6 is 0 Å². The lowest BCUT2D eigenvalue weighted by molar-refractivity contribution is -0.141. The molecule has 1 fully saturated rings. The Balaban J connectivity index is 2.23. The maximum atomic E-state index is 11.0. The van der Waals surface area contributed by atoms with Gasteiger partial charge in [-0.05, 0) is 6.07 Å². The fourth-order valence-corrected chi connectivity index (χ4v) is 1.62. The molecule has 3 nitrogen and oxygen atoms in total. The molecule has 1 aromatic heterocycles. The lowest BCUT2D eigenvalue weighted by Gasteiger charge is -2.12. The molecule has 1 saturated heterocycles. The molecule has 3 heteroatoms. The molecule has 2 atom stereocenters. The summed E-state index contributed by atoms with van der Waals surface area (Å²) in [6, 6.07) is 3.79. The minimum Gasteiger partial charge on any atom is -0.457 e. The Labute approximate surface area is 76.7 Å². The molecule has 0 N–H and O–H groups in total. The number of aromatic nitrogens is 1. The Hall–Kier alpha value is -1.38. The van der Waals surface area contributed by atoms with Gasteiger partial charge in [0.05, 0.1) is 6.42 Å². The number of rotatable bonds is 1. The first kappa shape index (κ1) is 8.23. The molecule has 0 saturated carbocycles. The van der Waals surface area contributed by atoms with Gasteiger partial charge in [-0.1, -0.05) is 13.0 Å². The minimum absolute atomic E-state index is 0.0961. The van der Waals surface area contributed by atoms with Gasteiger partial charge in [0, 0.05) is 23.9 Å². The first-order chi connectivity index (χ1) is 6.27. The number of carbonyl (C=O) groups is 1. The standard InChI is InChI=1S/C10H11NO2/c1-7-5-9(12)13-10(7)8-3-2-4-11-6-8/h2-4,6-7,10H,5H2,1H3. The van der Waals surface area contributed by atoms with Gasteiger partial charge in [0.25, 0.3) is 0 Å². The largest absolute Gasteiger partial charge is 0.457 e. The van der Waals surface area contributed by atoms with Gasteiger partial charge in [0.15, 0.2) is 0 Å². The predicted molar refractivity (Wildman–Crippen MR) is 46.9 cm³/mol. The normalized spacial score (nSPS) is 27.3. The van der Waals surface area contributed by atoms with Gasteiger partial charge in [-0.3, -0.25) is 9.78 Å². The zero-order valence-corrected chi connectivity index (χ0v) is 7.43. The molecule has 0 amide bonds. The Morgan fingerprint density at radius 3 is 3.00 bits per heavy atom. The van der Waals surface area contributed by atoms with Crippen LogP contribution in [-0.4, -0.2) is 11.0 Å². The summed E-state index contributed by atoms with van der Waals surface area (Å²) in [5, 5.41) is 0. The summed E-state index contributed by atoms with van der Waals surface area (Å²) in [4.78, 5) is 15.0. The van der Waals surface area contributed by atoms with E-state index in [4.69, 9.17) is 4.74 Å². The van der Waals surface area contributed by atoms with Gasteiger partial charge in [-0.2, -0.15) is 0 Å². The minimum atomic E-state index is -0.110. The van der Waals surface area contributed by atoms with E-state index in [1.54, 1.807) is 12.4 Å². The van der Waals surface area contributed by atoms with Crippen molar-refractivity contribution in [2.45, 2.75) is 19.4 Å². The Morgan fingerprint density at radius 1 is 1.62 bits per heavy atom. The summed E-state index contributed by atoms with van der Waals surface area (Å²) in [5.41, 5.74) is 0.987. The highest BCUT2D eigenvalue weighted by atomic mass is 16.5. The molecule has 2 rings (SSSR count). The number of nitrogens with zero attached hydrogens (tertiary/aromatic N) is 1. The van der Waals surface area contributed by atoms with E-state index in [-0.39, 0.29) is 18.0 Å². The molecule has 2 unspecified atom stereocenters. The number of hydrogen-bond acceptors (Lipinski definition) is 3. The fraction of sp³-hybridized carbons (Fsp3) is 0.400. The summed E-state index contributed by atoms with van der Waals surface area (Å²) in [5.74, 6) is 0.151. The third-order valence-corrected chi connectivity index (χ3v) is 2.28. The van der Waals surface area contributed by atoms with Crippen molar-refractivity contribution in [3.63, 3.8) is 0 Å². The van der Waals surface area contributed by atoms with E-state index < -0.39 is 0 Å². The Morgan fingerprint density at radius 2 is 2.46 bits per heavy atom. The van der Waals surface area contributed by atoms with Gasteiger partial charge in [-0.25, -0.2) is 0 Å². The van der Waals surface area contributed by atoms with Crippen LogP contribution in [0.5, 0.6) is 0 Å². The highest BCUT2D eigenvalue weighted by Crippen LogP contribution is 2.34. The molecule has 0 radical (unpaired) electrons. The zero-order chi connectivity index (χ0) is 9.26. The van der Waals surface area contributed by atoms with E-state index in [1.165, 1.54) is 0 Å². The lowest BCUT2D eigenvalue weighted by Crippen LogP contribution is -2.03. The molecule has 0 spiro atoms. The van der Waals surface area contributed by atoms with Crippen LogP contribution in [0.3, 0.4) is 0 Å². The van der Waals surface area contributed by atoms with Crippen molar-refractivity contribution in [2.75, 3.05) is 0 Å².